The third kappa shape index (κ3) is 4.58. The molecule has 1 unspecified atom stereocenters. The molecular formula is C43H30. The third-order valence-electron chi connectivity index (χ3n) is 8.76. The minimum absolute atomic E-state index is 0.127. The van der Waals surface area contributed by atoms with Gasteiger partial charge in [-0.1, -0.05) is 170 Å². The lowest BCUT2D eigenvalue weighted by Crippen LogP contribution is -2.02. The van der Waals surface area contributed by atoms with E-state index in [2.05, 4.69) is 176 Å². The van der Waals surface area contributed by atoms with E-state index >= 15 is 0 Å². The molecule has 0 heteroatoms. The van der Waals surface area contributed by atoms with Gasteiger partial charge >= 0.3 is 0 Å². The fourth-order valence-electron chi connectivity index (χ4n) is 6.74. The minimum atomic E-state index is 0.127. The Morgan fingerprint density at radius 3 is 1.33 bits per heavy atom. The standard InChI is InChI=1S/C43H30/c1-4-13-30(14-5-1)33-23-25-34(26-24-33)38-21-12-22-41-39-19-10-11-20-40(39)42(43(38)41)37-28-35(31-15-6-2-7-16-31)27-36(29-37)32-17-8-3-9-18-32/h1-29,42H. The lowest BCUT2D eigenvalue weighted by Gasteiger charge is -2.21. The molecule has 0 N–H and O–H groups in total. The van der Waals surface area contributed by atoms with Gasteiger partial charge in [0.1, 0.15) is 0 Å². The number of rotatable bonds is 5. The molecule has 0 aliphatic heterocycles. The van der Waals surface area contributed by atoms with E-state index in [4.69, 9.17) is 0 Å². The molecule has 0 radical (unpaired) electrons. The van der Waals surface area contributed by atoms with E-state index in [9.17, 15) is 0 Å². The van der Waals surface area contributed by atoms with E-state index < -0.39 is 0 Å². The summed E-state index contributed by atoms with van der Waals surface area (Å²) in [6.45, 7) is 0. The Labute approximate surface area is 253 Å². The summed E-state index contributed by atoms with van der Waals surface area (Å²) < 4.78 is 0. The highest BCUT2D eigenvalue weighted by molar-refractivity contribution is 5.89. The van der Waals surface area contributed by atoms with Gasteiger partial charge in [0.25, 0.3) is 0 Å². The quantitative estimate of drug-likeness (QED) is 0.201. The monoisotopic (exact) mass is 546 g/mol. The van der Waals surface area contributed by atoms with Crippen LogP contribution in [0.5, 0.6) is 0 Å². The molecule has 202 valence electrons. The van der Waals surface area contributed by atoms with Crippen LogP contribution in [-0.2, 0) is 0 Å². The maximum absolute atomic E-state index is 2.41. The van der Waals surface area contributed by atoms with Crippen LogP contribution in [0.3, 0.4) is 0 Å². The zero-order valence-electron chi connectivity index (χ0n) is 23.8. The van der Waals surface area contributed by atoms with E-state index in [1.807, 2.05) is 0 Å². The SMILES string of the molecule is c1ccc(-c2ccc(-c3cccc4c3C(c3cc(-c5ccccc5)cc(-c5ccccc5)c3)c3ccccc3-4)cc2)cc1. The molecule has 1 aliphatic carbocycles. The zero-order chi connectivity index (χ0) is 28.6. The van der Waals surface area contributed by atoms with Crippen molar-refractivity contribution in [3.8, 4) is 55.6 Å². The van der Waals surface area contributed by atoms with Crippen molar-refractivity contribution < 1.29 is 0 Å². The Hall–Kier alpha value is -5.46. The Kier molecular flexibility index (Phi) is 6.31. The van der Waals surface area contributed by atoms with Crippen LogP contribution in [0.4, 0.5) is 0 Å². The van der Waals surface area contributed by atoms with Gasteiger partial charge in [-0.25, -0.2) is 0 Å². The van der Waals surface area contributed by atoms with Crippen molar-refractivity contribution in [1.82, 2.24) is 0 Å². The topological polar surface area (TPSA) is 0 Å². The van der Waals surface area contributed by atoms with Crippen molar-refractivity contribution in [3.05, 3.63) is 193 Å². The molecule has 0 bridgehead atoms. The molecule has 0 heterocycles. The predicted octanol–water partition coefficient (Wildman–Crippen LogP) is 11.5. The summed E-state index contributed by atoms with van der Waals surface area (Å²) in [5, 5.41) is 0. The molecule has 0 nitrogen and oxygen atoms in total. The van der Waals surface area contributed by atoms with Crippen molar-refractivity contribution >= 4 is 0 Å². The first-order valence-electron chi connectivity index (χ1n) is 15.0. The van der Waals surface area contributed by atoms with E-state index in [1.54, 1.807) is 0 Å². The van der Waals surface area contributed by atoms with Crippen molar-refractivity contribution in [2.75, 3.05) is 0 Å². The number of benzene rings is 7. The molecule has 43 heavy (non-hydrogen) atoms. The Morgan fingerprint density at radius 2 is 0.721 bits per heavy atom. The Balaban J connectivity index is 1.33. The van der Waals surface area contributed by atoms with Crippen LogP contribution in [0.2, 0.25) is 0 Å². The van der Waals surface area contributed by atoms with Crippen molar-refractivity contribution in [1.29, 1.82) is 0 Å². The van der Waals surface area contributed by atoms with Crippen LogP contribution >= 0.6 is 0 Å². The summed E-state index contributed by atoms with van der Waals surface area (Å²) in [5.74, 6) is 0.127. The predicted molar refractivity (Wildman–Crippen MR) is 181 cm³/mol. The van der Waals surface area contributed by atoms with Gasteiger partial charge in [-0.3, -0.25) is 0 Å². The minimum Gasteiger partial charge on any atom is -0.0622 e. The van der Waals surface area contributed by atoms with E-state index in [0.717, 1.165) is 0 Å². The summed E-state index contributed by atoms with van der Waals surface area (Å²) in [4.78, 5) is 0. The van der Waals surface area contributed by atoms with Gasteiger partial charge in [0, 0.05) is 5.92 Å². The first kappa shape index (κ1) is 25.3. The van der Waals surface area contributed by atoms with E-state index in [0.29, 0.717) is 0 Å². The first-order chi connectivity index (χ1) is 21.3. The third-order valence-corrected chi connectivity index (χ3v) is 8.76. The van der Waals surface area contributed by atoms with Gasteiger partial charge in [-0.05, 0) is 78.4 Å². The summed E-state index contributed by atoms with van der Waals surface area (Å²) in [7, 11) is 0. The van der Waals surface area contributed by atoms with Crippen LogP contribution < -0.4 is 0 Å². The number of hydrogen-bond donors (Lipinski definition) is 0. The van der Waals surface area contributed by atoms with Gasteiger partial charge in [0.15, 0.2) is 0 Å². The highest BCUT2D eigenvalue weighted by atomic mass is 14.3. The molecule has 8 rings (SSSR count). The fraction of sp³-hybridized carbons (Fsp3) is 0.0233. The lowest BCUT2D eigenvalue weighted by atomic mass is 9.82. The van der Waals surface area contributed by atoms with E-state index in [-0.39, 0.29) is 5.92 Å². The van der Waals surface area contributed by atoms with Gasteiger partial charge in [-0.15, -0.1) is 0 Å². The summed E-state index contributed by atoms with van der Waals surface area (Å²) >= 11 is 0. The first-order valence-corrected chi connectivity index (χ1v) is 15.0. The van der Waals surface area contributed by atoms with Gasteiger partial charge in [0.2, 0.25) is 0 Å². The van der Waals surface area contributed by atoms with Crippen molar-refractivity contribution in [3.63, 3.8) is 0 Å². The van der Waals surface area contributed by atoms with Crippen LogP contribution in [0.15, 0.2) is 176 Å². The average Bonchev–Trinajstić information content (AvgIpc) is 3.44. The molecule has 7 aromatic carbocycles. The number of fused-ring (bicyclic) bond motifs is 3. The normalized spacial score (nSPS) is 13.3. The van der Waals surface area contributed by atoms with Crippen molar-refractivity contribution in [2.45, 2.75) is 5.92 Å². The average molecular weight is 547 g/mol. The van der Waals surface area contributed by atoms with Crippen LogP contribution in [0.1, 0.15) is 22.6 Å². The second-order valence-electron chi connectivity index (χ2n) is 11.3. The summed E-state index contributed by atoms with van der Waals surface area (Å²) in [6, 6.07) is 64.2. The highest BCUT2D eigenvalue weighted by Crippen LogP contribution is 2.52. The molecule has 1 aliphatic rings. The largest absolute Gasteiger partial charge is 0.0622 e. The maximum Gasteiger partial charge on any atom is 0.0358 e. The molecule has 0 aromatic heterocycles. The summed E-state index contributed by atoms with van der Waals surface area (Å²) in [6.07, 6.45) is 0. The Bertz CT molecular complexity index is 1980. The molecule has 7 aromatic rings. The molecule has 0 fully saturated rings. The maximum atomic E-state index is 2.41. The van der Waals surface area contributed by atoms with Crippen LogP contribution in [-0.4, -0.2) is 0 Å². The summed E-state index contributed by atoms with van der Waals surface area (Å²) in [5.41, 5.74) is 16.7. The van der Waals surface area contributed by atoms with Gasteiger partial charge < -0.3 is 0 Å². The van der Waals surface area contributed by atoms with E-state index in [1.165, 1.54) is 72.3 Å². The second-order valence-corrected chi connectivity index (χ2v) is 11.3. The lowest BCUT2D eigenvalue weighted by molar-refractivity contribution is 1.02. The zero-order valence-corrected chi connectivity index (χ0v) is 23.8. The van der Waals surface area contributed by atoms with Crippen molar-refractivity contribution in [2.24, 2.45) is 0 Å². The molecule has 0 amide bonds. The fourth-order valence-corrected chi connectivity index (χ4v) is 6.74. The van der Waals surface area contributed by atoms with Gasteiger partial charge in [-0.2, -0.15) is 0 Å². The molecule has 0 saturated heterocycles. The highest BCUT2D eigenvalue weighted by Gasteiger charge is 2.32. The molecule has 0 saturated carbocycles. The van der Waals surface area contributed by atoms with Gasteiger partial charge in [0.05, 0.1) is 0 Å². The second kappa shape index (κ2) is 10.7. The molecular weight excluding hydrogens is 516 g/mol. The molecule has 0 spiro atoms. The van der Waals surface area contributed by atoms with Crippen LogP contribution in [0.25, 0.3) is 55.6 Å². The number of hydrogen-bond acceptors (Lipinski definition) is 0. The van der Waals surface area contributed by atoms with Crippen LogP contribution in [0, 0.1) is 0 Å². The smallest absolute Gasteiger partial charge is 0.0358 e. The molecule has 1 atom stereocenters. The Morgan fingerprint density at radius 1 is 0.279 bits per heavy atom.